The van der Waals surface area contributed by atoms with Crippen LogP contribution in [0, 0.1) is 5.82 Å². The smallest absolute Gasteiger partial charge is 0.255 e. The Morgan fingerprint density at radius 2 is 2.19 bits per heavy atom. The predicted molar refractivity (Wildman–Crippen MR) is 62.0 cm³/mol. The molecule has 0 aliphatic rings. The SMILES string of the molecule is CC(C)(N)CNC(=O)c1c(F)cccc1Cl. The second-order valence-corrected chi connectivity index (χ2v) is 4.68. The lowest BCUT2D eigenvalue weighted by Crippen LogP contribution is -2.45. The molecule has 1 aromatic rings. The lowest BCUT2D eigenvalue weighted by atomic mass is 10.1. The van der Waals surface area contributed by atoms with Gasteiger partial charge in [-0.15, -0.1) is 0 Å². The van der Waals surface area contributed by atoms with Gasteiger partial charge in [0.05, 0.1) is 10.6 Å². The van der Waals surface area contributed by atoms with Crippen molar-refractivity contribution in [2.24, 2.45) is 5.73 Å². The Kier molecular flexibility index (Phi) is 3.88. The van der Waals surface area contributed by atoms with Gasteiger partial charge in [-0.1, -0.05) is 17.7 Å². The van der Waals surface area contributed by atoms with Crippen molar-refractivity contribution in [1.29, 1.82) is 0 Å². The second-order valence-electron chi connectivity index (χ2n) is 4.27. The summed E-state index contributed by atoms with van der Waals surface area (Å²) in [7, 11) is 0. The summed E-state index contributed by atoms with van der Waals surface area (Å²) < 4.78 is 13.3. The fourth-order valence-electron chi connectivity index (χ4n) is 1.11. The molecule has 0 radical (unpaired) electrons. The van der Waals surface area contributed by atoms with Crippen molar-refractivity contribution in [1.82, 2.24) is 5.32 Å². The van der Waals surface area contributed by atoms with Gasteiger partial charge in [-0.05, 0) is 26.0 Å². The number of nitrogens with two attached hydrogens (primary N) is 1. The summed E-state index contributed by atoms with van der Waals surface area (Å²) in [5, 5.41) is 2.62. The largest absolute Gasteiger partial charge is 0.350 e. The number of nitrogens with one attached hydrogen (secondary N) is 1. The molecule has 5 heteroatoms. The first-order chi connectivity index (χ1) is 7.31. The third-order valence-corrected chi connectivity index (χ3v) is 2.21. The third-order valence-electron chi connectivity index (χ3n) is 1.89. The van der Waals surface area contributed by atoms with Gasteiger partial charge in [-0.2, -0.15) is 0 Å². The van der Waals surface area contributed by atoms with Crippen molar-refractivity contribution < 1.29 is 9.18 Å². The van der Waals surface area contributed by atoms with E-state index in [1.165, 1.54) is 18.2 Å². The quantitative estimate of drug-likeness (QED) is 0.854. The molecule has 0 spiro atoms. The number of hydrogen-bond acceptors (Lipinski definition) is 2. The van der Waals surface area contributed by atoms with Crippen molar-refractivity contribution in [3.05, 3.63) is 34.6 Å². The number of benzene rings is 1. The van der Waals surface area contributed by atoms with Crippen LogP contribution in [0.15, 0.2) is 18.2 Å². The van der Waals surface area contributed by atoms with Crippen LogP contribution < -0.4 is 11.1 Å². The number of amides is 1. The number of halogens is 2. The number of carbonyl (C=O) groups is 1. The average Bonchev–Trinajstić information content (AvgIpc) is 2.13. The highest BCUT2D eigenvalue weighted by Gasteiger charge is 2.18. The summed E-state index contributed by atoms with van der Waals surface area (Å²) in [6.07, 6.45) is 0. The minimum absolute atomic E-state index is 0.0901. The average molecular weight is 245 g/mol. The van der Waals surface area contributed by atoms with Crippen molar-refractivity contribution in [2.45, 2.75) is 19.4 Å². The van der Waals surface area contributed by atoms with Gasteiger partial charge in [0.25, 0.3) is 5.91 Å². The van der Waals surface area contributed by atoms with Crippen LogP contribution in [0.25, 0.3) is 0 Å². The van der Waals surface area contributed by atoms with Crippen molar-refractivity contribution in [3.8, 4) is 0 Å². The standard InChI is InChI=1S/C11H14ClFN2O/c1-11(2,14)6-15-10(16)9-7(12)4-3-5-8(9)13/h3-5H,6,14H2,1-2H3,(H,15,16). The fraction of sp³-hybridized carbons (Fsp3) is 0.364. The van der Waals surface area contributed by atoms with E-state index in [2.05, 4.69) is 5.32 Å². The third kappa shape index (κ3) is 3.47. The van der Waals surface area contributed by atoms with Crippen LogP contribution in [0.3, 0.4) is 0 Å². The molecule has 0 fully saturated rings. The van der Waals surface area contributed by atoms with Gasteiger partial charge in [0.15, 0.2) is 0 Å². The second kappa shape index (κ2) is 4.80. The monoisotopic (exact) mass is 244 g/mol. The van der Waals surface area contributed by atoms with Gasteiger partial charge in [-0.3, -0.25) is 4.79 Å². The highest BCUT2D eigenvalue weighted by molar-refractivity contribution is 6.33. The van der Waals surface area contributed by atoms with Crippen LogP contribution in [-0.4, -0.2) is 18.0 Å². The number of rotatable bonds is 3. The van der Waals surface area contributed by atoms with Gasteiger partial charge < -0.3 is 11.1 Å². The molecule has 0 aliphatic carbocycles. The normalized spacial score (nSPS) is 11.3. The Labute approximate surface area is 98.8 Å². The van der Waals surface area contributed by atoms with Crippen LogP contribution >= 0.6 is 11.6 Å². The van der Waals surface area contributed by atoms with Crippen LogP contribution in [0.1, 0.15) is 24.2 Å². The Morgan fingerprint density at radius 1 is 1.56 bits per heavy atom. The first-order valence-electron chi connectivity index (χ1n) is 4.82. The van der Waals surface area contributed by atoms with Crippen LogP contribution in [0.2, 0.25) is 5.02 Å². The molecule has 3 nitrogen and oxygen atoms in total. The summed E-state index contributed by atoms with van der Waals surface area (Å²) in [5.41, 5.74) is 5.00. The molecule has 3 N–H and O–H groups in total. The van der Waals surface area contributed by atoms with Crippen molar-refractivity contribution >= 4 is 17.5 Å². The molecule has 16 heavy (non-hydrogen) atoms. The molecule has 1 rings (SSSR count). The molecule has 0 unspecified atom stereocenters. The fourth-order valence-corrected chi connectivity index (χ4v) is 1.36. The van der Waals surface area contributed by atoms with Crippen molar-refractivity contribution in [2.75, 3.05) is 6.54 Å². The topological polar surface area (TPSA) is 55.1 Å². The van der Waals surface area contributed by atoms with Gasteiger partial charge in [0, 0.05) is 12.1 Å². The molecular weight excluding hydrogens is 231 g/mol. The van der Waals surface area contributed by atoms with E-state index >= 15 is 0 Å². The lowest BCUT2D eigenvalue weighted by Gasteiger charge is -2.19. The van der Waals surface area contributed by atoms with E-state index in [0.717, 1.165) is 0 Å². The lowest BCUT2D eigenvalue weighted by molar-refractivity contribution is 0.0942. The molecule has 0 aliphatic heterocycles. The Hall–Kier alpha value is -1.13. The zero-order chi connectivity index (χ0) is 12.3. The van der Waals surface area contributed by atoms with E-state index in [1.807, 2.05) is 0 Å². The highest BCUT2D eigenvalue weighted by Crippen LogP contribution is 2.18. The molecule has 0 saturated carbocycles. The minimum Gasteiger partial charge on any atom is -0.350 e. The summed E-state index contributed by atoms with van der Waals surface area (Å²) in [5.74, 6) is -1.19. The molecule has 1 aromatic carbocycles. The maximum absolute atomic E-state index is 13.3. The zero-order valence-corrected chi connectivity index (χ0v) is 9.94. The molecular formula is C11H14ClFN2O. The molecule has 0 aromatic heterocycles. The maximum atomic E-state index is 13.3. The van der Waals surface area contributed by atoms with Crippen molar-refractivity contribution in [3.63, 3.8) is 0 Å². The maximum Gasteiger partial charge on any atom is 0.255 e. The van der Waals surface area contributed by atoms with Crippen LogP contribution in [0.5, 0.6) is 0 Å². The first-order valence-corrected chi connectivity index (χ1v) is 5.20. The molecule has 0 bridgehead atoms. The molecule has 0 saturated heterocycles. The van der Waals surface area contributed by atoms with E-state index in [4.69, 9.17) is 17.3 Å². The van der Waals surface area contributed by atoms with E-state index in [1.54, 1.807) is 13.8 Å². The van der Waals surface area contributed by atoms with Gasteiger partial charge >= 0.3 is 0 Å². The Bertz CT molecular complexity index is 381. The molecule has 88 valence electrons. The predicted octanol–water partition coefficient (Wildman–Crippen LogP) is 1.95. The van der Waals surface area contributed by atoms with E-state index in [9.17, 15) is 9.18 Å². The van der Waals surface area contributed by atoms with E-state index in [-0.39, 0.29) is 17.1 Å². The van der Waals surface area contributed by atoms with Gasteiger partial charge in [0.1, 0.15) is 5.82 Å². The molecule has 0 atom stereocenters. The summed E-state index contributed by atoms with van der Waals surface area (Å²) in [6.45, 7) is 3.77. The number of carbonyl (C=O) groups excluding carboxylic acids is 1. The molecule has 0 heterocycles. The van der Waals surface area contributed by atoms with Crippen LogP contribution in [0.4, 0.5) is 4.39 Å². The minimum atomic E-state index is -0.639. The molecule has 1 amide bonds. The Morgan fingerprint density at radius 3 is 2.69 bits per heavy atom. The first kappa shape index (κ1) is 12.9. The van der Waals surface area contributed by atoms with E-state index < -0.39 is 17.3 Å². The summed E-state index contributed by atoms with van der Waals surface area (Å²) >= 11 is 5.74. The highest BCUT2D eigenvalue weighted by atomic mass is 35.5. The Balaban J connectivity index is 2.81. The summed E-state index contributed by atoms with van der Waals surface area (Å²) in [4.78, 5) is 11.6. The summed E-state index contributed by atoms with van der Waals surface area (Å²) in [6, 6.07) is 4.10. The van der Waals surface area contributed by atoms with Crippen LogP contribution in [-0.2, 0) is 0 Å². The zero-order valence-electron chi connectivity index (χ0n) is 9.18. The van der Waals surface area contributed by atoms with Gasteiger partial charge in [-0.25, -0.2) is 4.39 Å². The van der Waals surface area contributed by atoms with Gasteiger partial charge in [0.2, 0.25) is 0 Å². The van der Waals surface area contributed by atoms with E-state index in [0.29, 0.717) is 0 Å². The number of hydrogen-bond donors (Lipinski definition) is 2.